The van der Waals surface area contributed by atoms with E-state index in [-0.39, 0.29) is 33.4 Å². The molecule has 4 aromatic rings. The van der Waals surface area contributed by atoms with Gasteiger partial charge in [-0.25, -0.2) is 22.0 Å². The van der Waals surface area contributed by atoms with Crippen molar-refractivity contribution in [2.24, 2.45) is 5.92 Å². The van der Waals surface area contributed by atoms with Crippen molar-refractivity contribution in [2.75, 3.05) is 0 Å². The summed E-state index contributed by atoms with van der Waals surface area (Å²) >= 11 is 0. The van der Waals surface area contributed by atoms with Crippen LogP contribution in [0.4, 0.5) is 43.9 Å². The average Bonchev–Trinajstić information content (AvgIpc) is 2.95. The van der Waals surface area contributed by atoms with Gasteiger partial charge in [-0.15, -0.1) is 0 Å². The van der Waals surface area contributed by atoms with Crippen LogP contribution in [-0.4, -0.2) is 6.18 Å². The van der Waals surface area contributed by atoms with E-state index in [1.54, 1.807) is 0 Å². The first-order chi connectivity index (χ1) is 21.2. The van der Waals surface area contributed by atoms with Gasteiger partial charge in [-0.2, -0.15) is 22.0 Å². The highest BCUT2D eigenvalue weighted by atomic mass is 19.4. The molecule has 0 unspecified atom stereocenters. The van der Waals surface area contributed by atoms with Gasteiger partial charge in [-0.3, -0.25) is 0 Å². The van der Waals surface area contributed by atoms with Crippen molar-refractivity contribution in [1.29, 1.82) is 0 Å². The minimum atomic E-state index is -4.98. The van der Waals surface area contributed by atoms with Crippen LogP contribution in [0.3, 0.4) is 0 Å². The summed E-state index contributed by atoms with van der Waals surface area (Å²) in [5.41, 5.74) is -3.11. The van der Waals surface area contributed by atoms with Gasteiger partial charge < -0.3 is 4.74 Å². The minimum absolute atomic E-state index is 0.0215. The van der Waals surface area contributed by atoms with Crippen molar-refractivity contribution < 1.29 is 48.6 Å². The maximum absolute atomic E-state index is 15.0. The zero-order valence-corrected chi connectivity index (χ0v) is 23.0. The first kappa shape index (κ1) is 31.8. The Hall–Kier alpha value is -4.64. The Balaban J connectivity index is 1.39. The number of benzene rings is 4. The van der Waals surface area contributed by atoms with E-state index in [0.29, 0.717) is 24.3 Å². The highest BCUT2D eigenvalue weighted by Gasteiger charge is 2.41. The molecule has 0 N–H and O–H groups in total. The van der Waals surface area contributed by atoms with Gasteiger partial charge in [0.15, 0.2) is 0 Å². The lowest BCUT2D eigenvalue weighted by atomic mass is 9.89. The summed E-state index contributed by atoms with van der Waals surface area (Å²) in [4.78, 5) is 0. The number of ether oxygens (including phenoxy) is 1. The Morgan fingerprint density at radius 3 is 2.02 bits per heavy atom. The first-order valence-electron chi connectivity index (χ1n) is 13.6. The smallest absolute Gasteiger partial charge is 0.429 e. The molecular formula is C34H20F10O. The van der Waals surface area contributed by atoms with Gasteiger partial charge in [0.2, 0.25) is 0 Å². The quantitative estimate of drug-likeness (QED) is 0.160. The van der Waals surface area contributed by atoms with Gasteiger partial charge in [0.25, 0.3) is 0 Å². The average molecular weight is 635 g/mol. The molecule has 5 rings (SSSR count). The fourth-order valence-electron chi connectivity index (χ4n) is 5.09. The molecule has 11 heteroatoms. The third-order valence-corrected chi connectivity index (χ3v) is 7.21. The number of hydrogen-bond acceptors (Lipinski definition) is 1. The Labute approximate surface area is 250 Å². The van der Waals surface area contributed by atoms with Crippen molar-refractivity contribution in [3.63, 3.8) is 0 Å². The summed E-state index contributed by atoms with van der Waals surface area (Å²) in [6, 6.07) is 7.84. The Bertz CT molecular complexity index is 1880. The van der Waals surface area contributed by atoms with Crippen LogP contribution >= 0.6 is 0 Å². The van der Waals surface area contributed by atoms with Crippen molar-refractivity contribution in [3.05, 3.63) is 100 Å². The van der Waals surface area contributed by atoms with Crippen molar-refractivity contribution in [1.82, 2.24) is 0 Å². The molecule has 0 atom stereocenters. The molecule has 0 saturated heterocycles. The maximum Gasteiger partial charge on any atom is 0.458 e. The summed E-state index contributed by atoms with van der Waals surface area (Å²) in [5, 5.41) is -0.453. The molecule has 1 saturated carbocycles. The number of fused-ring (bicyclic) bond motifs is 1. The summed E-state index contributed by atoms with van der Waals surface area (Å²) in [6.45, 7) is 0. The maximum atomic E-state index is 15.0. The largest absolute Gasteiger partial charge is 0.458 e. The third-order valence-electron chi connectivity index (χ3n) is 7.21. The van der Waals surface area contributed by atoms with Gasteiger partial charge in [0, 0.05) is 34.4 Å². The van der Waals surface area contributed by atoms with Crippen LogP contribution in [-0.2, 0) is 6.11 Å². The van der Waals surface area contributed by atoms with E-state index in [1.807, 2.05) is 0 Å². The van der Waals surface area contributed by atoms with Crippen LogP contribution in [0.5, 0.6) is 5.75 Å². The van der Waals surface area contributed by atoms with Crippen molar-refractivity contribution in [2.45, 2.75) is 44.4 Å². The molecule has 0 aliphatic heterocycles. The van der Waals surface area contributed by atoms with Crippen LogP contribution in [0, 0.1) is 58.7 Å². The van der Waals surface area contributed by atoms with Crippen LogP contribution < -0.4 is 4.74 Å². The van der Waals surface area contributed by atoms with Crippen LogP contribution in [0.15, 0.2) is 54.6 Å². The molecule has 0 heterocycles. The third kappa shape index (κ3) is 7.20. The summed E-state index contributed by atoms with van der Waals surface area (Å²) in [7, 11) is 0. The van der Waals surface area contributed by atoms with E-state index in [2.05, 4.69) is 16.6 Å². The SMILES string of the molecule is Fc1cc(OC(F)(F)c2c(F)cc(C#CC3CCCCC3)cc2F)ccc1-c1ccc2c(F)c(C#CC(F)(F)F)c(F)cc2c1. The molecule has 45 heavy (non-hydrogen) atoms. The molecule has 0 aromatic heterocycles. The fourth-order valence-corrected chi connectivity index (χ4v) is 5.09. The van der Waals surface area contributed by atoms with Gasteiger partial charge >= 0.3 is 12.3 Å². The van der Waals surface area contributed by atoms with Crippen LogP contribution in [0.1, 0.15) is 48.8 Å². The standard InChI is InChI=1S/C34H20F10O/c35-27-17-22-16-21(8-10-25(22)32(39)26(27)12-13-33(40,41)42)24-11-9-23(18-28(24)36)45-34(43,44)31-29(37)14-20(15-30(31)38)7-6-19-4-2-1-3-5-19/h8-11,14-19H,1-5H2. The van der Waals surface area contributed by atoms with E-state index in [4.69, 9.17) is 0 Å². The first-order valence-corrected chi connectivity index (χ1v) is 13.6. The normalized spacial score (nSPS) is 14.0. The van der Waals surface area contributed by atoms with Gasteiger partial charge in [0.1, 0.15) is 40.4 Å². The molecule has 1 nitrogen and oxygen atoms in total. The predicted molar refractivity (Wildman–Crippen MR) is 147 cm³/mol. The van der Waals surface area contributed by atoms with E-state index in [0.717, 1.165) is 62.3 Å². The lowest BCUT2D eigenvalue weighted by Gasteiger charge is -2.20. The number of hydrogen-bond donors (Lipinski definition) is 0. The van der Waals surface area contributed by atoms with Gasteiger partial charge in [-0.05, 0) is 60.2 Å². The van der Waals surface area contributed by atoms with E-state index < -0.39 is 58.2 Å². The summed E-state index contributed by atoms with van der Waals surface area (Å²) in [6.07, 6.45) is -4.78. The fraction of sp³-hybridized carbons (Fsp3) is 0.235. The van der Waals surface area contributed by atoms with E-state index in [9.17, 15) is 39.5 Å². The van der Waals surface area contributed by atoms with Crippen molar-refractivity contribution >= 4 is 10.8 Å². The molecule has 1 fully saturated rings. The summed E-state index contributed by atoms with van der Waals surface area (Å²) < 4.78 is 145. The van der Waals surface area contributed by atoms with Crippen LogP contribution in [0.25, 0.3) is 21.9 Å². The zero-order valence-electron chi connectivity index (χ0n) is 23.0. The second-order valence-electron chi connectivity index (χ2n) is 10.4. The second kappa shape index (κ2) is 12.4. The van der Waals surface area contributed by atoms with Gasteiger partial charge in [-0.1, -0.05) is 49.2 Å². The number of rotatable bonds is 4. The van der Waals surface area contributed by atoms with Crippen LogP contribution in [0.2, 0.25) is 0 Å². The Morgan fingerprint density at radius 2 is 1.38 bits per heavy atom. The highest BCUT2D eigenvalue weighted by molar-refractivity contribution is 5.89. The predicted octanol–water partition coefficient (Wildman–Crippen LogP) is 10.2. The molecule has 0 bridgehead atoms. The molecular weight excluding hydrogens is 614 g/mol. The second-order valence-corrected chi connectivity index (χ2v) is 10.4. The molecule has 1 aliphatic rings. The Kier molecular flexibility index (Phi) is 8.75. The van der Waals surface area contributed by atoms with Crippen molar-refractivity contribution in [3.8, 4) is 40.6 Å². The monoisotopic (exact) mass is 634 g/mol. The Morgan fingerprint density at radius 1 is 0.689 bits per heavy atom. The minimum Gasteiger partial charge on any atom is -0.429 e. The molecule has 4 aromatic carbocycles. The molecule has 0 amide bonds. The number of alkyl halides is 5. The molecule has 0 spiro atoms. The zero-order chi connectivity index (χ0) is 32.5. The number of halogens is 10. The molecule has 1 aliphatic carbocycles. The molecule has 0 radical (unpaired) electrons. The highest BCUT2D eigenvalue weighted by Crippen LogP contribution is 2.37. The lowest BCUT2D eigenvalue weighted by Crippen LogP contribution is -2.25. The topological polar surface area (TPSA) is 9.23 Å². The summed E-state index contributed by atoms with van der Waals surface area (Å²) in [5.74, 6) is -0.0462. The lowest BCUT2D eigenvalue weighted by molar-refractivity contribution is -0.189. The van der Waals surface area contributed by atoms with Gasteiger partial charge in [0.05, 0.1) is 5.56 Å². The molecule has 232 valence electrons. The van der Waals surface area contributed by atoms with E-state index >= 15 is 4.39 Å². The van der Waals surface area contributed by atoms with E-state index in [1.165, 1.54) is 12.0 Å².